The number of hydrogen-bond acceptors (Lipinski definition) is 2. The number of rotatable bonds is 1. The van der Waals surface area contributed by atoms with Gasteiger partial charge in [0.05, 0.1) is 6.04 Å². The van der Waals surface area contributed by atoms with Crippen molar-refractivity contribution in [1.82, 2.24) is 5.32 Å². The lowest BCUT2D eigenvalue weighted by Crippen LogP contribution is -2.34. The van der Waals surface area contributed by atoms with Gasteiger partial charge in [0.25, 0.3) is 0 Å². The molecular formula is C14H18BrNO2. The zero-order valence-electron chi connectivity index (χ0n) is 10.9. The molecule has 0 radical (unpaired) electrons. The fourth-order valence-electron chi connectivity index (χ4n) is 2.17. The fourth-order valence-corrected chi connectivity index (χ4v) is 2.55. The average Bonchev–Trinajstić information content (AvgIpc) is 2.58. The summed E-state index contributed by atoms with van der Waals surface area (Å²) < 4.78 is 6.32. The third-order valence-electron chi connectivity index (χ3n) is 2.88. The zero-order chi connectivity index (χ0) is 13.3. The molecule has 4 heteroatoms. The summed E-state index contributed by atoms with van der Waals surface area (Å²) in [5.41, 5.74) is 2.04. The molecule has 1 N–H and O–H groups in total. The first-order valence-corrected chi connectivity index (χ1v) is 6.92. The van der Waals surface area contributed by atoms with Crippen molar-refractivity contribution in [2.45, 2.75) is 45.3 Å². The van der Waals surface area contributed by atoms with E-state index in [2.05, 4.69) is 33.4 Å². The Morgan fingerprint density at radius 2 is 2.17 bits per heavy atom. The summed E-state index contributed by atoms with van der Waals surface area (Å²) in [6.07, 6.45) is 1.59. The number of nitrogens with one attached hydrogen (secondary N) is 1. The molecule has 1 aromatic carbocycles. The molecule has 0 bridgehead atoms. The zero-order valence-corrected chi connectivity index (χ0v) is 12.5. The first-order chi connectivity index (χ1) is 8.35. The Morgan fingerprint density at radius 1 is 1.44 bits per heavy atom. The van der Waals surface area contributed by atoms with Gasteiger partial charge < -0.3 is 10.1 Å². The summed E-state index contributed by atoms with van der Waals surface area (Å²) in [6, 6.07) is 6.28. The second kappa shape index (κ2) is 4.92. The number of hydrogen-bond donors (Lipinski definition) is 1. The lowest BCUT2D eigenvalue weighted by molar-refractivity contribution is 0.0503. The van der Waals surface area contributed by atoms with E-state index in [0.717, 1.165) is 17.3 Å². The SMILES string of the molecule is CC(C)(C)OC(=O)N[C@@H]1CCc2ccc(Br)cc21. The summed E-state index contributed by atoms with van der Waals surface area (Å²) in [6.45, 7) is 5.60. The Hall–Kier alpha value is -1.03. The second-order valence-corrected chi connectivity index (χ2v) is 6.50. The highest BCUT2D eigenvalue weighted by Crippen LogP contribution is 2.33. The Balaban J connectivity index is 2.06. The molecule has 1 amide bonds. The molecule has 1 aliphatic rings. The van der Waals surface area contributed by atoms with Gasteiger partial charge in [0.2, 0.25) is 0 Å². The van der Waals surface area contributed by atoms with Crippen LogP contribution in [0.3, 0.4) is 0 Å². The van der Waals surface area contributed by atoms with Gasteiger partial charge in [-0.2, -0.15) is 0 Å². The Labute approximate surface area is 116 Å². The molecule has 1 aromatic rings. The van der Waals surface area contributed by atoms with E-state index in [1.165, 1.54) is 11.1 Å². The first kappa shape index (κ1) is 13.4. The van der Waals surface area contributed by atoms with Crippen LogP contribution in [-0.4, -0.2) is 11.7 Å². The van der Waals surface area contributed by atoms with E-state index in [9.17, 15) is 4.79 Å². The Kier molecular flexibility index (Phi) is 3.66. The Morgan fingerprint density at radius 3 is 2.83 bits per heavy atom. The minimum Gasteiger partial charge on any atom is -0.444 e. The first-order valence-electron chi connectivity index (χ1n) is 6.13. The van der Waals surface area contributed by atoms with Gasteiger partial charge in [-0.3, -0.25) is 0 Å². The summed E-state index contributed by atoms with van der Waals surface area (Å²) in [7, 11) is 0. The molecule has 0 unspecified atom stereocenters. The van der Waals surface area contributed by atoms with Crippen LogP contribution in [-0.2, 0) is 11.2 Å². The summed E-state index contributed by atoms with van der Waals surface area (Å²) >= 11 is 3.46. The molecule has 3 nitrogen and oxygen atoms in total. The molecule has 0 fully saturated rings. The number of alkyl carbamates (subject to hydrolysis) is 1. The van der Waals surface area contributed by atoms with E-state index in [4.69, 9.17) is 4.74 Å². The van der Waals surface area contributed by atoms with Crippen LogP contribution in [0, 0.1) is 0 Å². The van der Waals surface area contributed by atoms with Crippen molar-refractivity contribution in [3.05, 3.63) is 33.8 Å². The van der Waals surface area contributed by atoms with Crippen LogP contribution in [0.4, 0.5) is 4.79 Å². The van der Waals surface area contributed by atoms with Crippen LogP contribution in [0.25, 0.3) is 0 Å². The van der Waals surface area contributed by atoms with Gasteiger partial charge in [-0.05, 0) is 56.9 Å². The normalized spacial score (nSPS) is 18.3. The van der Waals surface area contributed by atoms with E-state index in [0.29, 0.717) is 0 Å². The number of aryl methyl sites for hydroxylation is 1. The molecule has 0 saturated heterocycles. The van der Waals surface area contributed by atoms with Crippen molar-refractivity contribution in [1.29, 1.82) is 0 Å². The monoisotopic (exact) mass is 311 g/mol. The number of halogens is 1. The lowest BCUT2D eigenvalue weighted by atomic mass is 10.1. The van der Waals surface area contributed by atoms with Crippen LogP contribution in [0.15, 0.2) is 22.7 Å². The van der Waals surface area contributed by atoms with Crippen LogP contribution >= 0.6 is 15.9 Å². The minimum atomic E-state index is -0.456. The number of benzene rings is 1. The van der Waals surface area contributed by atoms with Crippen molar-refractivity contribution in [2.75, 3.05) is 0 Å². The molecule has 0 aliphatic heterocycles. The quantitative estimate of drug-likeness (QED) is 0.852. The van der Waals surface area contributed by atoms with Crippen LogP contribution < -0.4 is 5.32 Å². The highest BCUT2D eigenvalue weighted by Gasteiger charge is 2.26. The largest absolute Gasteiger partial charge is 0.444 e. The van der Waals surface area contributed by atoms with Gasteiger partial charge in [-0.25, -0.2) is 4.79 Å². The van der Waals surface area contributed by atoms with Crippen molar-refractivity contribution < 1.29 is 9.53 Å². The minimum absolute atomic E-state index is 0.0624. The number of amides is 1. The maximum atomic E-state index is 11.8. The molecule has 1 atom stereocenters. The van der Waals surface area contributed by atoms with E-state index in [1.54, 1.807) is 0 Å². The molecule has 0 aromatic heterocycles. The topological polar surface area (TPSA) is 38.3 Å². The molecular weight excluding hydrogens is 294 g/mol. The predicted octanol–water partition coefficient (Wildman–Crippen LogP) is 3.96. The number of ether oxygens (including phenoxy) is 1. The van der Waals surface area contributed by atoms with Crippen molar-refractivity contribution >= 4 is 22.0 Å². The highest BCUT2D eigenvalue weighted by molar-refractivity contribution is 9.10. The van der Waals surface area contributed by atoms with Gasteiger partial charge in [-0.1, -0.05) is 22.0 Å². The van der Waals surface area contributed by atoms with Gasteiger partial charge in [0.15, 0.2) is 0 Å². The molecule has 0 saturated carbocycles. The third-order valence-corrected chi connectivity index (χ3v) is 3.37. The molecule has 0 heterocycles. The molecule has 1 aliphatic carbocycles. The predicted molar refractivity (Wildman–Crippen MR) is 74.6 cm³/mol. The Bertz CT molecular complexity index is 465. The summed E-state index contributed by atoms with van der Waals surface area (Å²) in [5.74, 6) is 0. The van der Waals surface area contributed by atoms with E-state index < -0.39 is 5.60 Å². The van der Waals surface area contributed by atoms with Crippen LogP contribution in [0.5, 0.6) is 0 Å². The van der Waals surface area contributed by atoms with Gasteiger partial charge in [-0.15, -0.1) is 0 Å². The smallest absolute Gasteiger partial charge is 0.408 e. The van der Waals surface area contributed by atoms with E-state index in [1.807, 2.05) is 26.8 Å². The van der Waals surface area contributed by atoms with Gasteiger partial charge in [0.1, 0.15) is 5.60 Å². The average molecular weight is 312 g/mol. The number of fused-ring (bicyclic) bond motifs is 1. The van der Waals surface area contributed by atoms with Gasteiger partial charge >= 0.3 is 6.09 Å². The van der Waals surface area contributed by atoms with Gasteiger partial charge in [0, 0.05) is 4.47 Å². The molecule has 2 rings (SSSR count). The van der Waals surface area contributed by atoms with E-state index in [-0.39, 0.29) is 12.1 Å². The fraction of sp³-hybridized carbons (Fsp3) is 0.500. The summed E-state index contributed by atoms with van der Waals surface area (Å²) in [4.78, 5) is 11.8. The maximum Gasteiger partial charge on any atom is 0.408 e. The maximum absolute atomic E-state index is 11.8. The number of carbonyl (C=O) groups excluding carboxylic acids is 1. The van der Waals surface area contributed by atoms with Crippen LogP contribution in [0.1, 0.15) is 44.4 Å². The highest BCUT2D eigenvalue weighted by atomic mass is 79.9. The molecule has 98 valence electrons. The molecule has 0 spiro atoms. The van der Waals surface area contributed by atoms with Crippen molar-refractivity contribution in [3.63, 3.8) is 0 Å². The third kappa shape index (κ3) is 3.25. The van der Waals surface area contributed by atoms with Crippen molar-refractivity contribution in [3.8, 4) is 0 Å². The van der Waals surface area contributed by atoms with E-state index >= 15 is 0 Å². The second-order valence-electron chi connectivity index (χ2n) is 5.58. The van der Waals surface area contributed by atoms with Crippen LogP contribution in [0.2, 0.25) is 0 Å². The standard InChI is InChI=1S/C14H18BrNO2/c1-14(2,3)18-13(17)16-12-7-5-9-4-6-10(15)8-11(9)12/h4,6,8,12H,5,7H2,1-3H3,(H,16,17)/t12-/m1/s1. The molecule has 18 heavy (non-hydrogen) atoms. The lowest BCUT2D eigenvalue weighted by Gasteiger charge is -2.22. The number of carbonyl (C=O) groups is 1. The summed E-state index contributed by atoms with van der Waals surface area (Å²) in [5, 5.41) is 2.94. The van der Waals surface area contributed by atoms with Crippen molar-refractivity contribution in [2.24, 2.45) is 0 Å².